The molecule has 108 valence electrons. The minimum Gasteiger partial charge on any atom is -0.492 e. The fourth-order valence-electron chi connectivity index (χ4n) is 1.86. The van der Waals surface area contributed by atoms with Crippen LogP contribution in [-0.4, -0.2) is 13.2 Å². The largest absolute Gasteiger partial charge is 0.492 e. The molecule has 0 saturated carbocycles. The first-order chi connectivity index (χ1) is 10.4. The van der Waals surface area contributed by atoms with Crippen LogP contribution in [-0.2, 0) is 17.9 Å². The molecule has 21 heavy (non-hydrogen) atoms. The molecule has 0 saturated heterocycles. The van der Waals surface area contributed by atoms with Crippen LogP contribution < -0.4 is 10.2 Å². The van der Waals surface area contributed by atoms with Crippen molar-refractivity contribution in [2.24, 2.45) is 0 Å². The number of para-hydroxylation sites is 1. The molecular formula is C17H18N2O2. The second-order valence-electron chi connectivity index (χ2n) is 4.46. The van der Waals surface area contributed by atoms with Crippen molar-refractivity contribution >= 4 is 0 Å². The molecule has 2 aromatic rings. The molecule has 0 radical (unpaired) electrons. The first-order valence-corrected chi connectivity index (χ1v) is 6.86. The quantitative estimate of drug-likeness (QED) is 0.597. The summed E-state index contributed by atoms with van der Waals surface area (Å²) in [7, 11) is 0. The van der Waals surface area contributed by atoms with E-state index < -0.39 is 0 Å². The third kappa shape index (κ3) is 5.27. The monoisotopic (exact) mass is 282 g/mol. The molecule has 0 aromatic heterocycles. The van der Waals surface area contributed by atoms with Gasteiger partial charge in [-0.05, 0) is 11.6 Å². The zero-order chi connectivity index (χ0) is 14.8. The van der Waals surface area contributed by atoms with E-state index in [4.69, 9.17) is 14.8 Å². The Morgan fingerprint density at radius 3 is 2.57 bits per heavy atom. The highest BCUT2D eigenvalue weighted by molar-refractivity contribution is 5.35. The Hall–Kier alpha value is -2.35. The van der Waals surface area contributed by atoms with Crippen molar-refractivity contribution < 1.29 is 9.57 Å². The summed E-state index contributed by atoms with van der Waals surface area (Å²) in [6.07, 6.45) is 0.355. The van der Waals surface area contributed by atoms with Gasteiger partial charge >= 0.3 is 0 Å². The molecule has 2 rings (SSSR count). The molecular weight excluding hydrogens is 264 g/mol. The highest BCUT2D eigenvalue weighted by Crippen LogP contribution is 2.17. The summed E-state index contributed by atoms with van der Waals surface area (Å²) in [5, 5.41) is 8.76. The van der Waals surface area contributed by atoms with E-state index in [0.29, 0.717) is 26.2 Å². The molecule has 0 atom stereocenters. The van der Waals surface area contributed by atoms with Crippen molar-refractivity contribution in [1.82, 2.24) is 5.48 Å². The van der Waals surface area contributed by atoms with Crippen LogP contribution >= 0.6 is 0 Å². The van der Waals surface area contributed by atoms with E-state index in [1.165, 1.54) is 0 Å². The summed E-state index contributed by atoms with van der Waals surface area (Å²) in [4.78, 5) is 5.35. The molecule has 1 N–H and O–H groups in total. The van der Waals surface area contributed by atoms with E-state index in [1.807, 2.05) is 54.6 Å². The van der Waals surface area contributed by atoms with Gasteiger partial charge in [-0.1, -0.05) is 48.5 Å². The normalized spacial score (nSPS) is 10.0. The zero-order valence-electron chi connectivity index (χ0n) is 11.8. The van der Waals surface area contributed by atoms with Crippen LogP contribution in [0.1, 0.15) is 11.1 Å². The van der Waals surface area contributed by atoms with Gasteiger partial charge in [-0.3, -0.25) is 4.84 Å². The van der Waals surface area contributed by atoms with Gasteiger partial charge in [0.25, 0.3) is 0 Å². The Balaban J connectivity index is 1.65. The van der Waals surface area contributed by atoms with Crippen molar-refractivity contribution in [2.45, 2.75) is 13.0 Å². The van der Waals surface area contributed by atoms with Gasteiger partial charge in [0, 0.05) is 5.56 Å². The number of nitrogens with zero attached hydrogens (tertiary/aromatic N) is 1. The number of ether oxygens (including phenoxy) is 1. The fourth-order valence-corrected chi connectivity index (χ4v) is 1.86. The van der Waals surface area contributed by atoms with Crippen LogP contribution in [0.4, 0.5) is 0 Å². The molecule has 0 aliphatic rings. The van der Waals surface area contributed by atoms with E-state index in [-0.39, 0.29) is 0 Å². The van der Waals surface area contributed by atoms with E-state index in [0.717, 1.165) is 16.9 Å². The Morgan fingerprint density at radius 1 is 1.00 bits per heavy atom. The maximum Gasteiger partial charge on any atom is 0.123 e. The van der Waals surface area contributed by atoms with Crippen LogP contribution in [0.3, 0.4) is 0 Å². The SMILES string of the molecule is N#CCc1ccccc1OCCNOCc1ccccc1. The first kappa shape index (κ1) is 15.0. The van der Waals surface area contributed by atoms with Crippen molar-refractivity contribution in [3.05, 3.63) is 65.7 Å². The summed E-state index contributed by atoms with van der Waals surface area (Å²) in [5.74, 6) is 0.754. The number of benzene rings is 2. The molecule has 0 aliphatic carbocycles. The van der Waals surface area contributed by atoms with Crippen LogP contribution in [0.2, 0.25) is 0 Å². The second kappa shape index (κ2) is 8.75. The molecule has 0 unspecified atom stereocenters. The minimum absolute atomic E-state index is 0.355. The third-order valence-electron chi connectivity index (χ3n) is 2.89. The lowest BCUT2D eigenvalue weighted by Crippen LogP contribution is -2.21. The summed E-state index contributed by atoms with van der Waals surface area (Å²) in [5.41, 5.74) is 4.89. The van der Waals surface area contributed by atoms with Gasteiger partial charge in [-0.25, -0.2) is 0 Å². The van der Waals surface area contributed by atoms with E-state index in [2.05, 4.69) is 11.5 Å². The Labute approximate surface area is 124 Å². The molecule has 2 aromatic carbocycles. The predicted molar refractivity (Wildman–Crippen MR) is 80.5 cm³/mol. The molecule has 0 amide bonds. The average molecular weight is 282 g/mol. The Bertz CT molecular complexity index is 579. The molecule has 4 heteroatoms. The van der Waals surface area contributed by atoms with Gasteiger partial charge in [0.2, 0.25) is 0 Å². The average Bonchev–Trinajstić information content (AvgIpc) is 2.53. The predicted octanol–water partition coefficient (Wildman–Crippen LogP) is 2.85. The van der Waals surface area contributed by atoms with E-state index in [1.54, 1.807) is 0 Å². The highest BCUT2D eigenvalue weighted by Gasteiger charge is 2.01. The van der Waals surface area contributed by atoms with Gasteiger partial charge in [-0.2, -0.15) is 10.7 Å². The molecule has 0 spiro atoms. The summed E-state index contributed by atoms with van der Waals surface area (Å²) < 4.78 is 5.65. The number of nitrogens with one attached hydrogen (secondary N) is 1. The Morgan fingerprint density at radius 2 is 1.76 bits per heavy atom. The maximum absolute atomic E-state index is 8.76. The standard InChI is InChI=1S/C17H18N2O2/c18-11-10-16-8-4-5-9-17(16)20-13-12-19-21-14-15-6-2-1-3-7-15/h1-9,19H,10,12-14H2. The highest BCUT2D eigenvalue weighted by atomic mass is 16.6. The van der Waals surface area contributed by atoms with Gasteiger partial charge < -0.3 is 4.74 Å². The molecule has 4 nitrogen and oxygen atoms in total. The van der Waals surface area contributed by atoms with Crippen molar-refractivity contribution in [2.75, 3.05) is 13.2 Å². The van der Waals surface area contributed by atoms with Crippen LogP contribution in [0.5, 0.6) is 5.75 Å². The smallest absolute Gasteiger partial charge is 0.123 e. The van der Waals surface area contributed by atoms with Gasteiger partial charge in [0.05, 0.1) is 25.6 Å². The summed E-state index contributed by atoms with van der Waals surface area (Å²) >= 11 is 0. The van der Waals surface area contributed by atoms with Crippen molar-refractivity contribution in [3.8, 4) is 11.8 Å². The van der Waals surface area contributed by atoms with E-state index in [9.17, 15) is 0 Å². The van der Waals surface area contributed by atoms with Crippen molar-refractivity contribution in [3.63, 3.8) is 0 Å². The topological polar surface area (TPSA) is 54.3 Å². The van der Waals surface area contributed by atoms with E-state index >= 15 is 0 Å². The summed E-state index contributed by atoms with van der Waals surface area (Å²) in [6, 6.07) is 19.7. The number of rotatable bonds is 8. The van der Waals surface area contributed by atoms with Crippen LogP contribution in [0.25, 0.3) is 0 Å². The van der Waals surface area contributed by atoms with Crippen molar-refractivity contribution in [1.29, 1.82) is 5.26 Å². The summed E-state index contributed by atoms with van der Waals surface area (Å²) in [6.45, 7) is 1.58. The number of nitriles is 1. The number of hydrogen-bond acceptors (Lipinski definition) is 4. The number of hydrogen-bond donors (Lipinski definition) is 1. The molecule has 0 fully saturated rings. The van der Waals surface area contributed by atoms with Crippen LogP contribution in [0, 0.1) is 11.3 Å². The minimum atomic E-state index is 0.355. The number of hydroxylamine groups is 1. The van der Waals surface area contributed by atoms with Gasteiger partial charge in [0.1, 0.15) is 12.4 Å². The maximum atomic E-state index is 8.76. The fraction of sp³-hybridized carbons (Fsp3) is 0.235. The lowest BCUT2D eigenvalue weighted by molar-refractivity contribution is 0.0215. The first-order valence-electron chi connectivity index (χ1n) is 6.86. The molecule has 0 bridgehead atoms. The Kier molecular flexibility index (Phi) is 6.27. The van der Waals surface area contributed by atoms with Crippen LogP contribution in [0.15, 0.2) is 54.6 Å². The van der Waals surface area contributed by atoms with Gasteiger partial charge in [0.15, 0.2) is 0 Å². The zero-order valence-corrected chi connectivity index (χ0v) is 11.8. The lowest BCUT2D eigenvalue weighted by Gasteiger charge is -2.10. The molecule has 0 heterocycles. The van der Waals surface area contributed by atoms with Gasteiger partial charge in [-0.15, -0.1) is 0 Å². The second-order valence-corrected chi connectivity index (χ2v) is 4.46. The molecule has 0 aliphatic heterocycles. The third-order valence-corrected chi connectivity index (χ3v) is 2.89. The lowest BCUT2D eigenvalue weighted by atomic mass is 10.1.